The van der Waals surface area contributed by atoms with Gasteiger partial charge in [0.25, 0.3) is 0 Å². The summed E-state index contributed by atoms with van der Waals surface area (Å²) in [6, 6.07) is 15.9. The van der Waals surface area contributed by atoms with Crippen molar-refractivity contribution in [3.8, 4) is 22.6 Å². The number of phenolic OH excluding ortho intramolecular Hbond substituents is 1. The van der Waals surface area contributed by atoms with E-state index in [0.29, 0.717) is 18.4 Å². The van der Waals surface area contributed by atoms with Gasteiger partial charge in [-0.2, -0.15) is 4.39 Å². The summed E-state index contributed by atoms with van der Waals surface area (Å²) in [6.45, 7) is 4.08. The Morgan fingerprint density at radius 3 is 2.31 bits per heavy atom. The van der Waals surface area contributed by atoms with Crippen molar-refractivity contribution < 1.29 is 23.4 Å². The molecule has 3 aromatic rings. The smallest absolute Gasteiger partial charge is 0.207 e. The highest BCUT2D eigenvalue weighted by molar-refractivity contribution is 5.98. The number of hydrogen-bond donors (Lipinski definition) is 1. The molecule has 0 fully saturated rings. The van der Waals surface area contributed by atoms with Crippen LogP contribution in [0.3, 0.4) is 0 Å². The molecule has 0 saturated carbocycles. The lowest BCUT2D eigenvalue weighted by Gasteiger charge is -2.10. The molecule has 3 aromatic carbocycles. The highest BCUT2D eigenvalue weighted by Crippen LogP contribution is 2.31. The van der Waals surface area contributed by atoms with Gasteiger partial charge in [0.05, 0.1) is 12.2 Å². The van der Waals surface area contributed by atoms with Gasteiger partial charge in [-0.3, -0.25) is 4.79 Å². The summed E-state index contributed by atoms with van der Waals surface area (Å²) >= 11 is 0. The van der Waals surface area contributed by atoms with Crippen LogP contribution in [-0.2, 0) is 12.8 Å². The van der Waals surface area contributed by atoms with E-state index in [1.165, 1.54) is 23.8 Å². The molecule has 0 spiro atoms. The maximum absolute atomic E-state index is 14.6. The second kappa shape index (κ2) is 10.9. The second-order valence-electron chi connectivity index (χ2n) is 7.74. The Morgan fingerprint density at radius 1 is 0.938 bits per heavy atom. The Labute approximate surface area is 187 Å². The Kier molecular flexibility index (Phi) is 7.98. The van der Waals surface area contributed by atoms with Gasteiger partial charge in [0.2, 0.25) is 5.82 Å². The van der Waals surface area contributed by atoms with Crippen LogP contribution >= 0.6 is 0 Å². The fourth-order valence-electron chi connectivity index (χ4n) is 3.69. The van der Waals surface area contributed by atoms with Crippen LogP contribution in [0.2, 0.25) is 0 Å². The molecule has 0 saturated heterocycles. The number of hydrogen-bond acceptors (Lipinski definition) is 3. The summed E-state index contributed by atoms with van der Waals surface area (Å²) < 4.78 is 33.8. The molecule has 0 aliphatic heterocycles. The molecule has 1 N–H and O–H groups in total. The third-order valence-electron chi connectivity index (χ3n) is 5.41. The standard InChI is InChI=1S/C27H28F2O3/c1-3-6-18-9-11-19(12-10-18)21-14-13-20(23(28)17-21)7-5-8-24(30)22-15-16-25(32-4-2)26(29)27(22)31/h9-17,31H,3-8H2,1-2H3. The Bertz CT molecular complexity index is 1080. The van der Waals surface area contributed by atoms with Crippen LogP contribution in [0.1, 0.15) is 54.6 Å². The average Bonchev–Trinajstić information content (AvgIpc) is 2.79. The minimum absolute atomic E-state index is 0.0705. The van der Waals surface area contributed by atoms with Crippen LogP contribution in [0.15, 0.2) is 54.6 Å². The number of rotatable bonds is 10. The molecule has 0 aliphatic carbocycles. The molecule has 0 atom stereocenters. The predicted octanol–water partition coefficient (Wildman–Crippen LogP) is 6.89. The van der Waals surface area contributed by atoms with Crippen LogP contribution in [0.5, 0.6) is 11.5 Å². The van der Waals surface area contributed by atoms with Gasteiger partial charge in [-0.15, -0.1) is 0 Å². The third-order valence-corrected chi connectivity index (χ3v) is 5.41. The Hall–Kier alpha value is -3.21. The SMILES string of the molecule is CCCc1ccc(-c2ccc(CCCC(=O)c3ccc(OCC)c(F)c3O)c(F)c2)cc1. The molecular weight excluding hydrogens is 410 g/mol. The van der Waals surface area contributed by atoms with Crippen molar-refractivity contribution in [2.24, 2.45) is 0 Å². The van der Waals surface area contributed by atoms with E-state index in [0.717, 1.165) is 24.0 Å². The molecule has 168 valence electrons. The van der Waals surface area contributed by atoms with Crippen LogP contribution < -0.4 is 4.74 Å². The van der Waals surface area contributed by atoms with Crippen molar-refractivity contribution in [1.82, 2.24) is 0 Å². The van der Waals surface area contributed by atoms with Gasteiger partial charge in [-0.25, -0.2) is 4.39 Å². The van der Waals surface area contributed by atoms with E-state index in [1.807, 2.05) is 18.2 Å². The number of halogens is 2. The summed E-state index contributed by atoms with van der Waals surface area (Å²) in [6.07, 6.45) is 2.93. The quantitative estimate of drug-likeness (QED) is 0.351. The van der Waals surface area contributed by atoms with E-state index in [1.54, 1.807) is 13.0 Å². The number of ether oxygens (including phenoxy) is 1. The van der Waals surface area contributed by atoms with Crippen LogP contribution in [0, 0.1) is 11.6 Å². The minimum atomic E-state index is -0.943. The molecule has 0 unspecified atom stereocenters. The van der Waals surface area contributed by atoms with Gasteiger partial charge in [-0.1, -0.05) is 49.7 Å². The van der Waals surface area contributed by atoms with Crippen molar-refractivity contribution in [1.29, 1.82) is 0 Å². The van der Waals surface area contributed by atoms with Gasteiger partial charge >= 0.3 is 0 Å². The van der Waals surface area contributed by atoms with Crippen molar-refractivity contribution in [2.75, 3.05) is 6.61 Å². The molecule has 0 bridgehead atoms. The Balaban J connectivity index is 1.61. The lowest BCUT2D eigenvalue weighted by molar-refractivity contribution is 0.0976. The number of Topliss-reactive ketones (excluding diaryl/α,β-unsaturated/α-hetero) is 1. The first-order valence-corrected chi connectivity index (χ1v) is 11.0. The van der Waals surface area contributed by atoms with E-state index in [2.05, 4.69) is 19.1 Å². The predicted molar refractivity (Wildman–Crippen MR) is 122 cm³/mol. The van der Waals surface area contributed by atoms with Gasteiger partial charge in [0.15, 0.2) is 17.3 Å². The van der Waals surface area contributed by atoms with Crippen LogP contribution in [0.4, 0.5) is 8.78 Å². The molecule has 0 aromatic heterocycles. The minimum Gasteiger partial charge on any atom is -0.504 e. The second-order valence-corrected chi connectivity index (χ2v) is 7.74. The summed E-state index contributed by atoms with van der Waals surface area (Å²) in [5, 5.41) is 9.99. The molecule has 3 rings (SSSR count). The maximum Gasteiger partial charge on any atom is 0.207 e. The fourth-order valence-corrected chi connectivity index (χ4v) is 3.69. The maximum atomic E-state index is 14.6. The van der Waals surface area contributed by atoms with Gasteiger partial charge < -0.3 is 9.84 Å². The zero-order valence-electron chi connectivity index (χ0n) is 18.5. The number of carbonyl (C=O) groups excluding carboxylic acids is 1. The molecule has 0 heterocycles. The summed E-state index contributed by atoms with van der Waals surface area (Å²) in [5.74, 6) is -2.46. The molecule has 0 aliphatic rings. The number of aromatic hydroxyl groups is 1. The molecule has 0 amide bonds. The van der Waals surface area contributed by atoms with E-state index in [-0.39, 0.29) is 30.2 Å². The van der Waals surface area contributed by atoms with Crippen molar-refractivity contribution >= 4 is 5.78 Å². The number of carbonyl (C=O) groups is 1. The van der Waals surface area contributed by atoms with Crippen molar-refractivity contribution in [3.05, 3.63) is 82.9 Å². The first-order valence-electron chi connectivity index (χ1n) is 11.0. The topological polar surface area (TPSA) is 46.5 Å². The number of benzene rings is 3. The summed E-state index contributed by atoms with van der Waals surface area (Å²) in [5.41, 5.74) is 3.45. The highest BCUT2D eigenvalue weighted by atomic mass is 19.1. The van der Waals surface area contributed by atoms with E-state index < -0.39 is 17.3 Å². The molecule has 0 radical (unpaired) electrons. The zero-order valence-corrected chi connectivity index (χ0v) is 18.5. The molecule has 5 heteroatoms. The molecule has 3 nitrogen and oxygen atoms in total. The molecular formula is C27H28F2O3. The van der Waals surface area contributed by atoms with E-state index >= 15 is 0 Å². The highest BCUT2D eigenvalue weighted by Gasteiger charge is 2.18. The van der Waals surface area contributed by atoms with Crippen LogP contribution in [0.25, 0.3) is 11.1 Å². The van der Waals surface area contributed by atoms with Crippen LogP contribution in [-0.4, -0.2) is 17.5 Å². The van der Waals surface area contributed by atoms with Gasteiger partial charge in [-0.05, 0) is 66.6 Å². The van der Waals surface area contributed by atoms with Gasteiger partial charge in [0.1, 0.15) is 5.82 Å². The third kappa shape index (κ3) is 5.52. The van der Waals surface area contributed by atoms with Crippen molar-refractivity contribution in [3.63, 3.8) is 0 Å². The number of ketones is 1. The fraction of sp³-hybridized carbons (Fsp3) is 0.296. The molecule has 32 heavy (non-hydrogen) atoms. The largest absolute Gasteiger partial charge is 0.504 e. The average molecular weight is 439 g/mol. The van der Waals surface area contributed by atoms with E-state index in [4.69, 9.17) is 4.74 Å². The van der Waals surface area contributed by atoms with Gasteiger partial charge in [0, 0.05) is 6.42 Å². The number of phenols is 1. The first kappa shape index (κ1) is 23.5. The van der Waals surface area contributed by atoms with Crippen molar-refractivity contribution in [2.45, 2.75) is 46.0 Å². The summed E-state index contributed by atoms with van der Waals surface area (Å²) in [4.78, 5) is 12.4. The first-order chi connectivity index (χ1) is 15.4. The lowest BCUT2D eigenvalue weighted by atomic mass is 9.98. The summed E-state index contributed by atoms with van der Waals surface area (Å²) in [7, 11) is 0. The number of aryl methyl sites for hydroxylation is 2. The zero-order chi connectivity index (χ0) is 23.1. The lowest BCUT2D eigenvalue weighted by Crippen LogP contribution is -2.04. The monoisotopic (exact) mass is 438 g/mol. The Morgan fingerprint density at radius 2 is 1.66 bits per heavy atom. The normalized spacial score (nSPS) is 10.9. The van der Waals surface area contributed by atoms with E-state index in [9.17, 15) is 18.7 Å².